The van der Waals surface area contributed by atoms with Crippen LogP contribution in [0.4, 0.5) is 5.69 Å². The van der Waals surface area contributed by atoms with E-state index in [0.717, 1.165) is 5.69 Å². The van der Waals surface area contributed by atoms with Crippen LogP contribution in [-0.2, 0) is 0 Å². The van der Waals surface area contributed by atoms with E-state index in [1.54, 1.807) is 17.3 Å². The fourth-order valence-corrected chi connectivity index (χ4v) is 2.90. The Kier molecular flexibility index (Phi) is 4.50. The molecule has 0 bridgehead atoms. The fraction of sp³-hybridized carbons (Fsp3) is 0.500. The van der Waals surface area contributed by atoms with Gasteiger partial charge >= 0.3 is 0 Å². The van der Waals surface area contributed by atoms with E-state index >= 15 is 0 Å². The van der Waals surface area contributed by atoms with E-state index in [2.05, 4.69) is 51.5 Å². The van der Waals surface area contributed by atoms with Gasteiger partial charge in [-0.3, -0.25) is 0 Å². The zero-order valence-electron chi connectivity index (χ0n) is 12.6. The second-order valence-corrected chi connectivity index (χ2v) is 5.65. The van der Waals surface area contributed by atoms with Gasteiger partial charge < -0.3 is 10.2 Å². The standard InChI is InChI=1S/C16H23N5/c1-2-9-20-10-7-15(8-11-20)19-14-3-5-16(6-4-14)21-13-17-12-18-21/h3-6,12-13,15,19H,2,7-11H2,1H3. The summed E-state index contributed by atoms with van der Waals surface area (Å²) in [6, 6.07) is 8.98. The lowest BCUT2D eigenvalue weighted by Gasteiger charge is -2.32. The van der Waals surface area contributed by atoms with Crippen LogP contribution in [0.1, 0.15) is 26.2 Å². The maximum atomic E-state index is 4.14. The topological polar surface area (TPSA) is 46.0 Å². The summed E-state index contributed by atoms with van der Waals surface area (Å²) >= 11 is 0. The molecule has 5 nitrogen and oxygen atoms in total. The number of benzene rings is 1. The number of nitrogens with zero attached hydrogens (tertiary/aromatic N) is 4. The van der Waals surface area contributed by atoms with Crippen LogP contribution in [0.15, 0.2) is 36.9 Å². The van der Waals surface area contributed by atoms with Crippen LogP contribution in [0.25, 0.3) is 5.69 Å². The molecular weight excluding hydrogens is 262 g/mol. The van der Waals surface area contributed by atoms with Gasteiger partial charge in [-0.15, -0.1) is 0 Å². The minimum absolute atomic E-state index is 0.593. The van der Waals surface area contributed by atoms with Crippen LogP contribution in [0.5, 0.6) is 0 Å². The fourth-order valence-electron chi connectivity index (χ4n) is 2.90. The Hall–Kier alpha value is -1.88. The molecule has 1 aromatic heterocycles. The lowest BCUT2D eigenvalue weighted by molar-refractivity contribution is 0.219. The van der Waals surface area contributed by atoms with Gasteiger partial charge in [0.25, 0.3) is 0 Å². The van der Waals surface area contributed by atoms with Crippen LogP contribution in [0.3, 0.4) is 0 Å². The zero-order valence-corrected chi connectivity index (χ0v) is 12.6. The number of piperidine rings is 1. The molecule has 21 heavy (non-hydrogen) atoms. The van der Waals surface area contributed by atoms with Crippen molar-refractivity contribution in [2.24, 2.45) is 0 Å². The number of anilines is 1. The van der Waals surface area contributed by atoms with E-state index in [-0.39, 0.29) is 0 Å². The van der Waals surface area contributed by atoms with Crippen LogP contribution in [-0.4, -0.2) is 45.3 Å². The molecule has 0 amide bonds. The van der Waals surface area contributed by atoms with Crippen molar-refractivity contribution in [1.29, 1.82) is 0 Å². The highest BCUT2D eigenvalue weighted by Crippen LogP contribution is 2.18. The number of aromatic nitrogens is 3. The van der Waals surface area contributed by atoms with Gasteiger partial charge in [-0.2, -0.15) is 5.10 Å². The molecule has 1 aliphatic rings. The number of likely N-dealkylation sites (tertiary alicyclic amines) is 1. The average molecular weight is 285 g/mol. The van der Waals surface area contributed by atoms with E-state index < -0.39 is 0 Å². The largest absolute Gasteiger partial charge is 0.382 e. The molecule has 0 spiro atoms. The maximum Gasteiger partial charge on any atom is 0.138 e. The maximum absolute atomic E-state index is 4.14. The molecule has 0 atom stereocenters. The molecule has 0 saturated carbocycles. The number of hydrogen-bond acceptors (Lipinski definition) is 4. The van der Waals surface area contributed by atoms with Gasteiger partial charge in [-0.05, 0) is 50.1 Å². The lowest BCUT2D eigenvalue weighted by Crippen LogP contribution is -2.39. The number of nitrogens with one attached hydrogen (secondary N) is 1. The highest BCUT2D eigenvalue weighted by molar-refractivity contribution is 5.49. The molecule has 0 radical (unpaired) electrons. The summed E-state index contributed by atoms with van der Waals surface area (Å²) in [6.45, 7) is 5.91. The van der Waals surface area contributed by atoms with Gasteiger partial charge in [0, 0.05) is 24.8 Å². The zero-order chi connectivity index (χ0) is 14.5. The predicted molar refractivity (Wildman–Crippen MR) is 84.7 cm³/mol. The Morgan fingerprint density at radius 3 is 2.57 bits per heavy atom. The Morgan fingerprint density at radius 2 is 1.95 bits per heavy atom. The smallest absolute Gasteiger partial charge is 0.138 e. The Morgan fingerprint density at radius 1 is 1.19 bits per heavy atom. The Labute approximate surface area is 126 Å². The molecular formula is C16H23N5. The molecule has 3 rings (SSSR count). The summed E-state index contributed by atoms with van der Waals surface area (Å²) in [5.41, 5.74) is 2.23. The molecule has 1 saturated heterocycles. The Bertz CT molecular complexity index is 526. The van der Waals surface area contributed by atoms with Crippen molar-refractivity contribution in [3.63, 3.8) is 0 Å². The summed E-state index contributed by atoms with van der Waals surface area (Å²) in [4.78, 5) is 6.53. The van der Waals surface area contributed by atoms with Gasteiger partial charge in [-0.25, -0.2) is 9.67 Å². The monoisotopic (exact) mass is 285 g/mol. The molecule has 1 N–H and O–H groups in total. The van der Waals surface area contributed by atoms with E-state index in [0.29, 0.717) is 6.04 Å². The summed E-state index contributed by atoms with van der Waals surface area (Å²) in [6.07, 6.45) is 6.97. The minimum Gasteiger partial charge on any atom is -0.382 e. The SMILES string of the molecule is CCCN1CCC(Nc2ccc(-n3cncn3)cc2)CC1. The Balaban J connectivity index is 1.54. The third kappa shape index (κ3) is 3.61. The third-order valence-corrected chi connectivity index (χ3v) is 4.05. The molecule has 2 heterocycles. The van der Waals surface area contributed by atoms with Crippen molar-refractivity contribution >= 4 is 5.69 Å². The summed E-state index contributed by atoms with van der Waals surface area (Å²) in [7, 11) is 0. The first kappa shape index (κ1) is 14.1. The van der Waals surface area contributed by atoms with Crippen molar-refractivity contribution in [3.05, 3.63) is 36.9 Å². The highest BCUT2D eigenvalue weighted by atomic mass is 15.3. The van der Waals surface area contributed by atoms with E-state index in [1.807, 2.05) is 0 Å². The molecule has 0 unspecified atom stereocenters. The van der Waals surface area contributed by atoms with Gasteiger partial charge in [-0.1, -0.05) is 6.92 Å². The molecule has 112 valence electrons. The lowest BCUT2D eigenvalue weighted by atomic mass is 10.0. The first-order valence-electron chi connectivity index (χ1n) is 7.79. The summed E-state index contributed by atoms with van der Waals surface area (Å²) < 4.78 is 1.77. The summed E-state index contributed by atoms with van der Waals surface area (Å²) in [5, 5.41) is 7.78. The highest BCUT2D eigenvalue weighted by Gasteiger charge is 2.18. The quantitative estimate of drug-likeness (QED) is 0.917. The number of rotatable bonds is 5. The van der Waals surface area contributed by atoms with Crippen molar-refractivity contribution in [3.8, 4) is 5.69 Å². The molecule has 5 heteroatoms. The van der Waals surface area contributed by atoms with Crippen LogP contribution >= 0.6 is 0 Å². The van der Waals surface area contributed by atoms with Gasteiger partial charge in [0.15, 0.2) is 0 Å². The number of hydrogen-bond donors (Lipinski definition) is 1. The summed E-state index contributed by atoms with van der Waals surface area (Å²) in [5.74, 6) is 0. The molecule has 1 aliphatic heterocycles. The second-order valence-electron chi connectivity index (χ2n) is 5.65. The van der Waals surface area contributed by atoms with Crippen molar-refractivity contribution < 1.29 is 0 Å². The third-order valence-electron chi connectivity index (χ3n) is 4.05. The average Bonchev–Trinajstić information content (AvgIpc) is 3.05. The molecule has 0 aliphatic carbocycles. The van der Waals surface area contributed by atoms with E-state index in [1.165, 1.54) is 44.6 Å². The van der Waals surface area contributed by atoms with Crippen LogP contribution in [0.2, 0.25) is 0 Å². The first-order valence-corrected chi connectivity index (χ1v) is 7.79. The van der Waals surface area contributed by atoms with E-state index in [9.17, 15) is 0 Å². The van der Waals surface area contributed by atoms with E-state index in [4.69, 9.17) is 0 Å². The van der Waals surface area contributed by atoms with Crippen LogP contribution < -0.4 is 5.32 Å². The van der Waals surface area contributed by atoms with Crippen LogP contribution in [0, 0.1) is 0 Å². The van der Waals surface area contributed by atoms with Gasteiger partial charge in [0.1, 0.15) is 12.7 Å². The normalized spacial score (nSPS) is 17.0. The molecule has 1 fully saturated rings. The molecule has 2 aromatic rings. The molecule has 1 aromatic carbocycles. The predicted octanol–water partition coefficient (Wildman–Crippen LogP) is 2.55. The van der Waals surface area contributed by atoms with Crippen molar-refractivity contribution in [2.75, 3.05) is 25.0 Å². The van der Waals surface area contributed by atoms with Gasteiger partial charge in [0.05, 0.1) is 5.69 Å². The minimum atomic E-state index is 0.593. The first-order chi connectivity index (χ1) is 10.3. The van der Waals surface area contributed by atoms with Crippen molar-refractivity contribution in [2.45, 2.75) is 32.2 Å². The van der Waals surface area contributed by atoms with Gasteiger partial charge in [0.2, 0.25) is 0 Å². The second kappa shape index (κ2) is 6.72. The van der Waals surface area contributed by atoms with Crippen molar-refractivity contribution in [1.82, 2.24) is 19.7 Å².